The van der Waals surface area contributed by atoms with E-state index in [2.05, 4.69) is 24.5 Å². The summed E-state index contributed by atoms with van der Waals surface area (Å²) in [5, 5.41) is 16.3. The average molecular weight is 595 g/mol. The smallest absolute Gasteiger partial charge is 0.305 e. The van der Waals surface area contributed by atoms with E-state index < -0.39 is 34.9 Å². The van der Waals surface area contributed by atoms with Crippen molar-refractivity contribution in [3.05, 3.63) is 0 Å². The van der Waals surface area contributed by atoms with E-state index in [1.54, 1.807) is 13.8 Å². The van der Waals surface area contributed by atoms with E-state index in [4.69, 9.17) is 9.47 Å². The molecule has 42 heavy (non-hydrogen) atoms. The molecule has 0 bridgehead atoms. The maximum Gasteiger partial charge on any atom is 0.305 e. The Bertz CT molecular complexity index is 836. The Kier molecular flexibility index (Phi) is 15.3. The van der Waals surface area contributed by atoms with Gasteiger partial charge in [-0.2, -0.15) is 0 Å². The number of carboxylic acid groups (broad SMARTS) is 1. The monoisotopic (exact) mass is 594 g/mol. The first kappa shape index (κ1) is 36.5. The fourth-order valence-electron chi connectivity index (χ4n) is 6.62. The predicted octanol–water partition coefficient (Wildman–Crippen LogP) is 7.28. The van der Waals surface area contributed by atoms with Crippen LogP contribution in [0.25, 0.3) is 0 Å². The summed E-state index contributed by atoms with van der Waals surface area (Å²) in [6, 6.07) is -0.730. The zero-order valence-electron chi connectivity index (χ0n) is 27.7. The fourth-order valence-corrected chi connectivity index (χ4v) is 6.62. The maximum absolute atomic E-state index is 13.7. The van der Waals surface area contributed by atoms with Gasteiger partial charge in [0.15, 0.2) is 5.79 Å². The molecule has 3 N–H and O–H groups in total. The van der Waals surface area contributed by atoms with Gasteiger partial charge in [-0.1, -0.05) is 111 Å². The highest BCUT2D eigenvalue weighted by molar-refractivity contribution is 5.84. The average Bonchev–Trinajstić information content (AvgIpc) is 2.93. The molecule has 0 aromatic carbocycles. The molecular formula is C34H62N2O6. The van der Waals surface area contributed by atoms with Crippen molar-refractivity contribution in [3.8, 4) is 0 Å². The van der Waals surface area contributed by atoms with Crippen molar-refractivity contribution in [2.45, 2.75) is 181 Å². The summed E-state index contributed by atoms with van der Waals surface area (Å²) in [6.45, 7) is 12.0. The van der Waals surface area contributed by atoms with Gasteiger partial charge in [0.05, 0.1) is 24.6 Å². The molecule has 2 amide bonds. The molecule has 3 unspecified atom stereocenters. The molecule has 1 heterocycles. The number of carbonyl (C=O) groups is 3. The number of carboxylic acids is 1. The summed E-state index contributed by atoms with van der Waals surface area (Å²) in [6.07, 6.45) is 17.2. The normalized spacial score (nSPS) is 22.6. The standard InChI is InChI=1S/C34H62N2O6/c1-7-9-10-11-12-13-14-15-16-18-21-26(8-2)30(39)36-34(22-19-17-20-23-34)27(24-28(37)38)35-31(40)29-32(3,4)25-41-33(5,6)42-29/h26-27,29H,7-25H2,1-6H3,(H,35,40)(H,36,39)(H,37,38). The van der Waals surface area contributed by atoms with Gasteiger partial charge in [-0.3, -0.25) is 14.4 Å². The molecule has 1 aliphatic carbocycles. The number of carbonyl (C=O) groups excluding carboxylic acids is 2. The first-order chi connectivity index (χ1) is 19.9. The lowest BCUT2D eigenvalue weighted by Crippen LogP contribution is -2.66. The summed E-state index contributed by atoms with van der Waals surface area (Å²) in [4.78, 5) is 39.4. The Labute approximate surface area is 255 Å². The minimum atomic E-state index is -0.996. The SMILES string of the molecule is CCCCCCCCCCCCC(CC)C(=O)NC1(C(CC(=O)O)NC(=O)C2OC(C)(C)OCC2(C)C)CCCCC1. The quantitative estimate of drug-likeness (QED) is 0.135. The minimum Gasteiger partial charge on any atom is -0.481 e. The third kappa shape index (κ3) is 11.8. The Morgan fingerprint density at radius 3 is 1.98 bits per heavy atom. The Balaban J connectivity index is 2.04. The second-order valence-electron chi connectivity index (χ2n) is 14.1. The Hall–Kier alpha value is -1.67. The number of nitrogens with one attached hydrogen (secondary N) is 2. The van der Waals surface area contributed by atoms with Crippen LogP contribution in [0.3, 0.4) is 0 Å². The molecule has 1 saturated carbocycles. The number of ether oxygens (including phenoxy) is 2. The van der Waals surface area contributed by atoms with E-state index in [0.717, 1.165) is 44.9 Å². The van der Waals surface area contributed by atoms with Gasteiger partial charge in [0, 0.05) is 11.3 Å². The summed E-state index contributed by atoms with van der Waals surface area (Å²) in [5.41, 5.74) is -1.38. The van der Waals surface area contributed by atoms with E-state index in [0.29, 0.717) is 19.4 Å². The molecule has 0 radical (unpaired) electrons. The van der Waals surface area contributed by atoms with Crippen LogP contribution in [-0.4, -0.2) is 53.0 Å². The Morgan fingerprint density at radius 1 is 0.857 bits per heavy atom. The van der Waals surface area contributed by atoms with E-state index in [-0.39, 0.29) is 24.2 Å². The number of unbranched alkanes of at least 4 members (excludes halogenated alkanes) is 9. The lowest BCUT2D eigenvalue weighted by atomic mass is 9.74. The molecular weight excluding hydrogens is 532 g/mol. The highest BCUT2D eigenvalue weighted by atomic mass is 16.7. The first-order valence-corrected chi connectivity index (χ1v) is 17.0. The van der Waals surface area contributed by atoms with E-state index in [1.165, 1.54) is 51.4 Å². The van der Waals surface area contributed by atoms with Gasteiger partial charge in [-0.05, 0) is 39.5 Å². The molecule has 0 aromatic rings. The van der Waals surface area contributed by atoms with Crippen LogP contribution < -0.4 is 10.6 Å². The second kappa shape index (κ2) is 17.6. The van der Waals surface area contributed by atoms with E-state index >= 15 is 0 Å². The molecule has 2 aliphatic rings. The number of hydrogen-bond donors (Lipinski definition) is 3. The van der Waals surface area contributed by atoms with Gasteiger partial charge in [0.2, 0.25) is 11.8 Å². The first-order valence-electron chi connectivity index (χ1n) is 17.0. The molecule has 0 aromatic heterocycles. The van der Waals surface area contributed by atoms with Crippen LogP contribution in [0.4, 0.5) is 0 Å². The highest BCUT2D eigenvalue weighted by Crippen LogP contribution is 2.37. The van der Waals surface area contributed by atoms with E-state index in [9.17, 15) is 19.5 Å². The number of amides is 2. The third-order valence-corrected chi connectivity index (χ3v) is 9.39. The molecule has 8 heteroatoms. The topological polar surface area (TPSA) is 114 Å². The predicted molar refractivity (Wildman–Crippen MR) is 167 cm³/mol. The molecule has 1 saturated heterocycles. The molecule has 2 rings (SSSR count). The third-order valence-electron chi connectivity index (χ3n) is 9.39. The van der Waals surface area contributed by atoms with Crippen LogP contribution in [0.2, 0.25) is 0 Å². The van der Waals surface area contributed by atoms with Gasteiger partial charge >= 0.3 is 5.97 Å². The molecule has 3 atom stereocenters. The Morgan fingerprint density at radius 2 is 1.43 bits per heavy atom. The van der Waals surface area contributed by atoms with Gasteiger partial charge in [0.25, 0.3) is 0 Å². The molecule has 0 spiro atoms. The van der Waals surface area contributed by atoms with Crippen molar-refractivity contribution in [1.82, 2.24) is 10.6 Å². The summed E-state index contributed by atoms with van der Waals surface area (Å²) in [5.74, 6) is -2.38. The van der Waals surface area contributed by atoms with Crippen LogP contribution in [-0.2, 0) is 23.9 Å². The summed E-state index contributed by atoms with van der Waals surface area (Å²) in [7, 11) is 0. The van der Waals surface area contributed by atoms with Crippen molar-refractivity contribution < 1.29 is 29.0 Å². The maximum atomic E-state index is 13.7. The van der Waals surface area contributed by atoms with Gasteiger partial charge in [-0.25, -0.2) is 0 Å². The lowest BCUT2D eigenvalue weighted by molar-refractivity contribution is -0.304. The summed E-state index contributed by atoms with van der Waals surface area (Å²) < 4.78 is 11.8. The van der Waals surface area contributed by atoms with Crippen molar-refractivity contribution in [3.63, 3.8) is 0 Å². The fraction of sp³-hybridized carbons (Fsp3) is 0.912. The zero-order chi connectivity index (χ0) is 31.2. The van der Waals surface area contributed by atoms with Crippen LogP contribution in [0.1, 0.15) is 157 Å². The van der Waals surface area contributed by atoms with Crippen LogP contribution in [0, 0.1) is 11.3 Å². The summed E-state index contributed by atoms with van der Waals surface area (Å²) >= 11 is 0. The van der Waals surface area contributed by atoms with Crippen molar-refractivity contribution >= 4 is 17.8 Å². The van der Waals surface area contributed by atoms with Crippen LogP contribution >= 0.6 is 0 Å². The van der Waals surface area contributed by atoms with Crippen LogP contribution in [0.5, 0.6) is 0 Å². The van der Waals surface area contributed by atoms with Gasteiger partial charge in [0.1, 0.15) is 6.10 Å². The zero-order valence-corrected chi connectivity index (χ0v) is 27.7. The van der Waals surface area contributed by atoms with Gasteiger partial charge < -0.3 is 25.2 Å². The molecule has 8 nitrogen and oxygen atoms in total. The van der Waals surface area contributed by atoms with Crippen molar-refractivity contribution in [1.29, 1.82) is 0 Å². The van der Waals surface area contributed by atoms with Crippen molar-refractivity contribution in [2.24, 2.45) is 11.3 Å². The number of aliphatic carboxylic acids is 1. The number of rotatable bonds is 19. The van der Waals surface area contributed by atoms with Crippen molar-refractivity contribution in [2.75, 3.05) is 6.61 Å². The highest BCUT2D eigenvalue weighted by Gasteiger charge is 2.49. The van der Waals surface area contributed by atoms with E-state index in [1.807, 2.05) is 13.8 Å². The number of hydrogen-bond acceptors (Lipinski definition) is 5. The molecule has 2 fully saturated rings. The molecule has 244 valence electrons. The largest absolute Gasteiger partial charge is 0.481 e. The second-order valence-corrected chi connectivity index (χ2v) is 14.1. The van der Waals surface area contributed by atoms with Gasteiger partial charge in [-0.15, -0.1) is 0 Å². The molecule has 1 aliphatic heterocycles. The van der Waals surface area contributed by atoms with Crippen LogP contribution in [0.15, 0.2) is 0 Å². The minimum absolute atomic E-state index is 0.0104. The lowest BCUT2D eigenvalue weighted by Gasteiger charge is -2.47.